The van der Waals surface area contributed by atoms with Crippen LogP contribution in [-0.4, -0.2) is 22.2 Å². The van der Waals surface area contributed by atoms with Crippen molar-refractivity contribution < 1.29 is 10.2 Å². The van der Waals surface area contributed by atoms with E-state index in [0.29, 0.717) is 11.3 Å². The first-order valence-corrected chi connectivity index (χ1v) is 4.88. The summed E-state index contributed by atoms with van der Waals surface area (Å²) in [6.45, 7) is 1.80. The maximum atomic E-state index is 9.70. The molecule has 4 N–H and O–H groups in total. The minimum Gasteiger partial charge on any atom is -0.399 e. The first-order chi connectivity index (χ1) is 6.57. The van der Waals surface area contributed by atoms with Gasteiger partial charge in [0.2, 0.25) is 0 Å². The lowest BCUT2D eigenvalue weighted by Gasteiger charge is -2.18. The first-order valence-electron chi connectivity index (χ1n) is 4.35. The summed E-state index contributed by atoms with van der Waals surface area (Å²) in [6, 6.07) is 5.21. The lowest BCUT2D eigenvalue weighted by atomic mass is 9.99. The predicted molar refractivity (Wildman–Crippen MR) is 57.3 cm³/mol. The van der Waals surface area contributed by atoms with Crippen LogP contribution in [0.1, 0.15) is 17.2 Å². The van der Waals surface area contributed by atoms with E-state index < -0.39 is 12.2 Å². The van der Waals surface area contributed by atoms with Crippen LogP contribution in [0, 0.1) is 6.92 Å². The highest BCUT2D eigenvalue weighted by atomic mass is 35.5. The molecule has 0 aliphatic carbocycles. The number of alkyl halides is 1. The van der Waals surface area contributed by atoms with Crippen molar-refractivity contribution in [3.63, 3.8) is 0 Å². The van der Waals surface area contributed by atoms with Gasteiger partial charge in [-0.15, -0.1) is 11.6 Å². The van der Waals surface area contributed by atoms with Crippen molar-refractivity contribution in [3.05, 3.63) is 29.3 Å². The van der Waals surface area contributed by atoms with Gasteiger partial charge in [-0.05, 0) is 24.1 Å². The Bertz CT molecular complexity index is 317. The minimum atomic E-state index is -0.976. The maximum Gasteiger partial charge on any atom is 0.106 e. The minimum absolute atomic E-state index is 0.00456. The first kappa shape index (κ1) is 11.3. The Hall–Kier alpha value is -0.770. The number of halogens is 1. The molecule has 1 aromatic carbocycles. The molecule has 0 saturated heterocycles. The zero-order valence-electron chi connectivity index (χ0n) is 7.94. The number of benzene rings is 1. The average molecular weight is 216 g/mol. The van der Waals surface area contributed by atoms with Gasteiger partial charge in [-0.2, -0.15) is 0 Å². The van der Waals surface area contributed by atoms with E-state index in [9.17, 15) is 10.2 Å². The molecule has 0 amide bonds. The van der Waals surface area contributed by atoms with Crippen molar-refractivity contribution in [3.8, 4) is 0 Å². The summed E-state index contributed by atoms with van der Waals surface area (Å²) in [5.74, 6) is -0.00456. The number of rotatable bonds is 3. The fraction of sp³-hybridized carbons (Fsp3) is 0.400. The van der Waals surface area contributed by atoms with Crippen molar-refractivity contribution in [2.75, 3.05) is 11.6 Å². The summed E-state index contributed by atoms with van der Waals surface area (Å²) in [4.78, 5) is 0. The third-order valence-corrected chi connectivity index (χ3v) is 2.57. The fourth-order valence-electron chi connectivity index (χ4n) is 1.28. The second-order valence-electron chi connectivity index (χ2n) is 3.23. The SMILES string of the molecule is Cc1c(N)cccc1C(O)C(O)CCl. The van der Waals surface area contributed by atoms with Gasteiger partial charge in [0.15, 0.2) is 0 Å². The summed E-state index contributed by atoms with van der Waals surface area (Å²) in [6.07, 6.45) is -1.94. The number of aliphatic hydroxyl groups excluding tert-OH is 2. The molecular weight excluding hydrogens is 202 g/mol. The molecule has 1 rings (SSSR count). The Kier molecular flexibility index (Phi) is 3.75. The van der Waals surface area contributed by atoms with Crippen LogP contribution in [0.25, 0.3) is 0 Å². The molecule has 4 heteroatoms. The van der Waals surface area contributed by atoms with Gasteiger partial charge in [0.05, 0.1) is 12.0 Å². The molecule has 1 aromatic rings. The molecule has 2 atom stereocenters. The average Bonchev–Trinajstić information content (AvgIpc) is 2.20. The van der Waals surface area contributed by atoms with Crippen LogP contribution < -0.4 is 5.73 Å². The molecule has 0 spiro atoms. The molecule has 0 radical (unpaired) electrons. The van der Waals surface area contributed by atoms with Gasteiger partial charge in [-0.25, -0.2) is 0 Å². The van der Waals surface area contributed by atoms with Crippen molar-refractivity contribution in [1.82, 2.24) is 0 Å². The van der Waals surface area contributed by atoms with E-state index in [1.54, 1.807) is 25.1 Å². The highest BCUT2D eigenvalue weighted by Gasteiger charge is 2.19. The molecule has 0 saturated carbocycles. The van der Waals surface area contributed by atoms with Crippen molar-refractivity contribution in [1.29, 1.82) is 0 Å². The highest BCUT2D eigenvalue weighted by molar-refractivity contribution is 6.18. The number of aliphatic hydroxyl groups is 2. The van der Waals surface area contributed by atoms with E-state index in [1.165, 1.54) is 0 Å². The number of nitrogens with two attached hydrogens (primary N) is 1. The molecule has 0 fully saturated rings. The highest BCUT2D eigenvalue weighted by Crippen LogP contribution is 2.24. The van der Waals surface area contributed by atoms with E-state index in [4.69, 9.17) is 17.3 Å². The summed E-state index contributed by atoms with van der Waals surface area (Å²) < 4.78 is 0. The molecule has 0 aliphatic rings. The fourth-order valence-corrected chi connectivity index (χ4v) is 1.45. The monoisotopic (exact) mass is 215 g/mol. The number of anilines is 1. The van der Waals surface area contributed by atoms with Crippen molar-refractivity contribution >= 4 is 17.3 Å². The summed E-state index contributed by atoms with van der Waals surface area (Å²) >= 11 is 5.45. The molecule has 0 aliphatic heterocycles. The predicted octanol–water partition coefficient (Wildman–Crippen LogP) is 1.21. The normalized spacial score (nSPS) is 15.1. The summed E-state index contributed by atoms with van der Waals surface area (Å²) in [5.41, 5.74) is 7.68. The Morgan fingerprint density at radius 1 is 1.43 bits per heavy atom. The smallest absolute Gasteiger partial charge is 0.106 e. The Balaban J connectivity index is 3.01. The Morgan fingerprint density at radius 2 is 2.07 bits per heavy atom. The molecule has 3 nitrogen and oxygen atoms in total. The number of nitrogen functional groups attached to an aromatic ring is 1. The third-order valence-electron chi connectivity index (χ3n) is 2.26. The molecule has 2 unspecified atom stereocenters. The summed E-state index contributed by atoms with van der Waals surface area (Å²) in [5, 5.41) is 19.1. The number of hydrogen-bond donors (Lipinski definition) is 3. The Morgan fingerprint density at radius 3 is 2.64 bits per heavy atom. The quantitative estimate of drug-likeness (QED) is 0.525. The van der Waals surface area contributed by atoms with Gasteiger partial charge in [0.1, 0.15) is 6.10 Å². The summed E-state index contributed by atoms with van der Waals surface area (Å²) in [7, 11) is 0. The van der Waals surface area contributed by atoms with Crippen LogP contribution >= 0.6 is 11.6 Å². The van der Waals surface area contributed by atoms with Crippen LogP contribution in [0.15, 0.2) is 18.2 Å². The van der Waals surface area contributed by atoms with Crippen LogP contribution in [-0.2, 0) is 0 Å². The number of hydrogen-bond acceptors (Lipinski definition) is 3. The lowest BCUT2D eigenvalue weighted by Crippen LogP contribution is -2.20. The van der Waals surface area contributed by atoms with Crippen LogP contribution in [0.2, 0.25) is 0 Å². The second kappa shape index (κ2) is 4.64. The van der Waals surface area contributed by atoms with Gasteiger partial charge in [0, 0.05) is 5.69 Å². The largest absolute Gasteiger partial charge is 0.399 e. The molecule has 0 aromatic heterocycles. The Labute approximate surface area is 88.1 Å². The molecule has 78 valence electrons. The van der Waals surface area contributed by atoms with Crippen LogP contribution in [0.4, 0.5) is 5.69 Å². The molecular formula is C10H14ClNO2. The van der Waals surface area contributed by atoms with E-state index in [2.05, 4.69) is 0 Å². The van der Waals surface area contributed by atoms with Gasteiger partial charge in [-0.3, -0.25) is 0 Å². The van der Waals surface area contributed by atoms with Crippen molar-refractivity contribution in [2.45, 2.75) is 19.1 Å². The van der Waals surface area contributed by atoms with E-state index in [1.807, 2.05) is 0 Å². The molecule has 0 bridgehead atoms. The van der Waals surface area contributed by atoms with Gasteiger partial charge < -0.3 is 15.9 Å². The second-order valence-corrected chi connectivity index (χ2v) is 3.54. The van der Waals surface area contributed by atoms with E-state index in [0.717, 1.165) is 5.56 Å². The van der Waals surface area contributed by atoms with Gasteiger partial charge in [0.25, 0.3) is 0 Å². The zero-order chi connectivity index (χ0) is 10.7. The van der Waals surface area contributed by atoms with Gasteiger partial charge >= 0.3 is 0 Å². The molecule has 14 heavy (non-hydrogen) atoms. The van der Waals surface area contributed by atoms with Crippen LogP contribution in [0.3, 0.4) is 0 Å². The van der Waals surface area contributed by atoms with Crippen molar-refractivity contribution in [2.24, 2.45) is 0 Å². The maximum absolute atomic E-state index is 9.70. The zero-order valence-corrected chi connectivity index (χ0v) is 8.70. The van der Waals surface area contributed by atoms with E-state index in [-0.39, 0.29) is 5.88 Å². The third kappa shape index (κ3) is 2.18. The van der Waals surface area contributed by atoms with Gasteiger partial charge in [-0.1, -0.05) is 12.1 Å². The van der Waals surface area contributed by atoms with E-state index >= 15 is 0 Å². The lowest BCUT2D eigenvalue weighted by molar-refractivity contribution is 0.0324. The topological polar surface area (TPSA) is 66.5 Å². The van der Waals surface area contributed by atoms with Crippen LogP contribution in [0.5, 0.6) is 0 Å². The standard InChI is InChI=1S/C10H14ClNO2/c1-6-7(3-2-4-8(6)12)10(14)9(13)5-11/h2-4,9-10,13-14H,5,12H2,1H3. The molecule has 0 heterocycles.